The van der Waals surface area contributed by atoms with E-state index in [1.807, 2.05) is 0 Å². The highest BCUT2D eigenvalue weighted by Crippen LogP contribution is 2.44. The fourth-order valence-corrected chi connectivity index (χ4v) is 5.23. The van der Waals surface area contributed by atoms with Gasteiger partial charge in [-0.1, -0.05) is 0 Å². The maximum Gasteiger partial charge on any atom is 0.435 e. The number of aromatic nitrogens is 5. The van der Waals surface area contributed by atoms with Gasteiger partial charge in [0.25, 0.3) is 12.3 Å². The molecule has 2 amide bonds. The summed E-state index contributed by atoms with van der Waals surface area (Å²) in [5, 5.41) is 10.5. The van der Waals surface area contributed by atoms with E-state index >= 15 is 0 Å². The second kappa shape index (κ2) is 9.15. The highest BCUT2D eigenvalue weighted by molar-refractivity contribution is 7.21. The lowest BCUT2D eigenvalue weighted by Crippen LogP contribution is -2.23. The molecule has 38 heavy (non-hydrogen) atoms. The van der Waals surface area contributed by atoms with Crippen LogP contribution < -0.4 is 11.1 Å². The van der Waals surface area contributed by atoms with E-state index in [1.54, 1.807) is 14.0 Å². The quantitative estimate of drug-likeness (QED) is 0.320. The monoisotopic (exact) mass is 553 g/mol. The predicted molar refractivity (Wildman–Crippen MR) is 128 cm³/mol. The standard InChI is InChI=1S/C23H20F5N7O2S/c1-9-12(7-30-34(9)2)11-5-13(20(24)25)31-22-17(11)18(19(38-22)21(29)37)32-16(36)8-35-14(10-3-4-10)6-15(33-35)23(26,27)28/h5-7,10,20H,3-4,8H2,1-2H3,(H2,29,37)(H,32,36). The minimum absolute atomic E-state index is 0.0299. The van der Waals surface area contributed by atoms with E-state index in [2.05, 4.69) is 20.5 Å². The first-order valence-electron chi connectivity index (χ1n) is 11.3. The number of carbonyl (C=O) groups is 2. The summed E-state index contributed by atoms with van der Waals surface area (Å²) in [7, 11) is 1.66. The van der Waals surface area contributed by atoms with Crippen molar-refractivity contribution in [2.45, 2.75) is 44.8 Å². The second-order valence-electron chi connectivity index (χ2n) is 8.95. The van der Waals surface area contributed by atoms with Crippen molar-refractivity contribution in [3.05, 3.63) is 46.0 Å². The molecule has 0 radical (unpaired) electrons. The van der Waals surface area contributed by atoms with Gasteiger partial charge in [0, 0.05) is 35.3 Å². The zero-order valence-corrected chi connectivity index (χ0v) is 20.8. The van der Waals surface area contributed by atoms with Gasteiger partial charge in [0.05, 0.1) is 11.9 Å². The van der Waals surface area contributed by atoms with Gasteiger partial charge in [0.1, 0.15) is 21.9 Å². The van der Waals surface area contributed by atoms with Gasteiger partial charge in [-0.3, -0.25) is 19.0 Å². The van der Waals surface area contributed by atoms with E-state index in [0.29, 0.717) is 24.1 Å². The summed E-state index contributed by atoms with van der Waals surface area (Å²) in [6.07, 6.45) is -4.79. The second-order valence-corrected chi connectivity index (χ2v) is 9.94. The van der Waals surface area contributed by atoms with Crippen LogP contribution in [0.25, 0.3) is 21.3 Å². The van der Waals surface area contributed by atoms with Crippen LogP contribution in [0, 0.1) is 6.92 Å². The zero-order valence-electron chi connectivity index (χ0n) is 19.9. The molecule has 4 heterocycles. The molecule has 1 aliphatic rings. The number of rotatable bonds is 7. The number of carbonyl (C=O) groups excluding carboxylic acids is 2. The normalized spacial score (nSPS) is 14.0. The minimum Gasteiger partial charge on any atom is -0.365 e. The number of anilines is 1. The molecular formula is C23H20F5N7O2S. The van der Waals surface area contributed by atoms with Crippen LogP contribution >= 0.6 is 11.3 Å². The molecular weight excluding hydrogens is 533 g/mol. The number of alkyl halides is 5. The van der Waals surface area contributed by atoms with Crippen molar-refractivity contribution in [1.82, 2.24) is 24.5 Å². The number of halogens is 5. The highest BCUT2D eigenvalue weighted by Gasteiger charge is 2.38. The molecule has 1 fully saturated rings. The van der Waals surface area contributed by atoms with Gasteiger partial charge in [0.15, 0.2) is 5.69 Å². The van der Waals surface area contributed by atoms with Crippen LogP contribution in [0.3, 0.4) is 0 Å². The van der Waals surface area contributed by atoms with Gasteiger partial charge in [-0.2, -0.15) is 23.4 Å². The number of nitrogens with zero attached hydrogens (tertiary/aromatic N) is 5. The third kappa shape index (κ3) is 4.61. The van der Waals surface area contributed by atoms with E-state index in [-0.39, 0.29) is 38.0 Å². The summed E-state index contributed by atoms with van der Waals surface area (Å²) in [4.78, 5) is 29.2. The molecule has 0 spiro atoms. The lowest BCUT2D eigenvalue weighted by molar-refractivity contribution is -0.141. The van der Waals surface area contributed by atoms with Crippen molar-refractivity contribution >= 4 is 39.1 Å². The van der Waals surface area contributed by atoms with Gasteiger partial charge >= 0.3 is 6.18 Å². The summed E-state index contributed by atoms with van der Waals surface area (Å²) in [5.74, 6) is -1.85. The van der Waals surface area contributed by atoms with E-state index in [4.69, 9.17) is 5.73 Å². The summed E-state index contributed by atoms with van der Waals surface area (Å²) in [6, 6.07) is 2.08. The van der Waals surface area contributed by atoms with Crippen molar-refractivity contribution in [3.8, 4) is 11.1 Å². The number of primary amides is 1. The first kappa shape index (κ1) is 25.8. The molecule has 0 saturated heterocycles. The number of hydrogen-bond donors (Lipinski definition) is 2. The Hall–Kier alpha value is -3.88. The SMILES string of the molecule is Cc1c(-c2cc(C(F)F)nc3sc(C(N)=O)c(NC(=O)Cn4nc(C(F)(F)F)cc4C4CC4)c23)cnn1C. The van der Waals surface area contributed by atoms with Crippen LogP contribution in [0.15, 0.2) is 18.3 Å². The number of nitrogens with two attached hydrogens (primary N) is 1. The van der Waals surface area contributed by atoms with Gasteiger partial charge < -0.3 is 11.1 Å². The average molecular weight is 554 g/mol. The summed E-state index contributed by atoms with van der Waals surface area (Å²) >= 11 is 0.727. The number of pyridine rings is 1. The fraction of sp³-hybridized carbons (Fsp3) is 0.348. The van der Waals surface area contributed by atoms with E-state index in [9.17, 15) is 31.5 Å². The Morgan fingerprint density at radius 1 is 1.24 bits per heavy atom. The average Bonchev–Trinajstić information content (AvgIpc) is 3.35. The largest absolute Gasteiger partial charge is 0.435 e. The number of thiophene rings is 1. The van der Waals surface area contributed by atoms with Crippen LogP contribution in [0.1, 0.15) is 57.6 Å². The molecule has 0 aromatic carbocycles. The van der Waals surface area contributed by atoms with Crippen LogP contribution in [0.2, 0.25) is 0 Å². The summed E-state index contributed by atoms with van der Waals surface area (Å²) in [5.41, 5.74) is 5.43. The molecule has 4 aromatic heterocycles. The number of amides is 2. The molecule has 4 aromatic rings. The summed E-state index contributed by atoms with van der Waals surface area (Å²) < 4.78 is 69.7. The Kier molecular flexibility index (Phi) is 6.20. The molecule has 15 heteroatoms. The number of aryl methyl sites for hydroxylation is 1. The van der Waals surface area contributed by atoms with Gasteiger partial charge in [0.2, 0.25) is 5.91 Å². The lowest BCUT2D eigenvalue weighted by Gasteiger charge is -2.12. The number of fused-ring (bicyclic) bond motifs is 1. The van der Waals surface area contributed by atoms with Crippen LogP contribution in [-0.2, 0) is 24.6 Å². The third-order valence-corrected chi connectivity index (χ3v) is 7.41. The van der Waals surface area contributed by atoms with Crippen LogP contribution in [-0.4, -0.2) is 36.4 Å². The van der Waals surface area contributed by atoms with Gasteiger partial charge in [-0.15, -0.1) is 11.3 Å². The topological polar surface area (TPSA) is 121 Å². The minimum atomic E-state index is -4.68. The Morgan fingerprint density at radius 3 is 2.50 bits per heavy atom. The maximum atomic E-state index is 13.7. The maximum absolute atomic E-state index is 13.7. The van der Waals surface area contributed by atoms with Crippen molar-refractivity contribution in [2.24, 2.45) is 12.8 Å². The van der Waals surface area contributed by atoms with Crippen molar-refractivity contribution < 1.29 is 31.5 Å². The molecule has 9 nitrogen and oxygen atoms in total. The Bertz CT molecular complexity index is 1580. The predicted octanol–water partition coefficient (Wildman–Crippen LogP) is 4.77. The van der Waals surface area contributed by atoms with Crippen molar-refractivity contribution in [3.63, 3.8) is 0 Å². The zero-order chi connectivity index (χ0) is 27.5. The summed E-state index contributed by atoms with van der Waals surface area (Å²) in [6.45, 7) is 1.15. The molecule has 1 aliphatic carbocycles. The smallest absolute Gasteiger partial charge is 0.365 e. The van der Waals surface area contributed by atoms with Gasteiger partial charge in [-0.25, -0.2) is 13.8 Å². The van der Waals surface area contributed by atoms with Crippen LogP contribution in [0.5, 0.6) is 0 Å². The molecule has 5 rings (SSSR count). The van der Waals surface area contributed by atoms with E-state index in [0.717, 1.165) is 28.2 Å². The first-order chi connectivity index (χ1) is 17.8. The van der Waals surface area contributed by atoms with Crippen molar-refractivity contribution in [1.29, 1.82) is 0 Å². The molecule has 0 atom stereocenters. The molecule has 1 saturated carbocycles. The molecule has 0 aliphatic heterocycles. The fourth-order valence-electron chi connectivity index (χ4n) is 4.22. The van der Waals surface area contributed by atoms with Crippen molar-refractivity contribution in [2.75, 3.05) is 5.32 Å². The van der Waals surface area contributed by atoms with Crippen LogP contribution in [0.4, 0.5) is 27.6 Å². The lowest BCUT2D eigenvalue weighted by atomic mass is 10.0. The molecule has 0 unspecified atom stereocenters. The Morgan fingerprint density at radius 2 is 1.95 bits per heavy atom. The number of hydrogen-bond acceptors (Lipinski definition) is 6. The van der Waals surface area contributed by atoms with Gasteiger partial charge in [-0.05, 0) is 37.5 Å². The number of nitrogens with one attached hydrogen (secondary N) is 1. The Balaban J connectivity index is 1.60. The van der Waals surface area contributed by atoms with E-state index in [1.165, 1.54) is 10.9 Å². The molecule has 0 bridgehead atoms. The third-order valence-electron chi connectivity index (χ3n) is 6.31. The van der Waals surface area contributed by atoms with E-state index < -0.39 is 42.3 Å². The highest BCUT2D eigenvalue weighted by atomic mass is 32.1. The molecule has 200 valence electrons. The molecule has 3 N–H and O–H groups in total. The first-order valence-corrected chi connectivity index (χ1v) is 12.2. The Labute approximate surface area is 215 Å².